The zero-order valence-electron chi connectivity index (χ0n) is 10.9. The Morgan fingerprint density at radius 2 is 2.56 bits per heavy atom. The topological polar surface area (TPSA) is 54.0 Å². The van der Waals surface area contributed by atoms with Crippen molar-refractivity contribution in [1.82, 2.24) is 15.6 Å². The van der Waals surface area contributed by atoms with Crippen LogP contribution in [0.4, 0.5) is 0 Å². The minimum Gasteiger partial charge on any atom is -0.353 e. The first-order chi connectivity index (χ1) is 8.75. The fourth-order valence-electron chi connectivity index (χ4n) is 2.42. The summed E-state index contributed by atoms with van der Waals surface area (Å²) in [5.74, 6) is 0.637. The van der Waals surface area contributed by atoms with Crippen LogP contribution in [0.5, 0.6) is 0 Å². The lowest BCUT2D eigenvalue weighted by Gasteiger charge is -2.28. The van der Waals surface area contributed by atoms with E-state index in [-0.39, 0.29) is 11.9 Å². The van der Waals surface area contributed by atoms with E-state index in [1.807, 2.05) is 12.1 Å². The molecule has 2 heterocycles. The van der Waals surface area contributed by atoms with Gasteiger partial charge in [0.25, 0.3) is 0 Å². The molecule has 0 radical (unpaired) electrons. The summed E-state index contributed by atoms with van der Waals surface area (Å²) in [7, 11) is 0. The van der Waals surface area contributed by atoms with Crippen molar-refractivity contribution in [3.05, 3.63) is 30.1 Å². The van der Waals surface area contributed by atoms with Gasteiger partial charge in [-0.3, -0.25) is 9.78 Å². The van der Waals surface area contributed by atoms with Crippen LogP contribution >= 0.6 is 0 Å². The molecule has 2 unspecified atom stereocenters. The zero-order valence-corrected chi connectivity index (χ0v) is 10.9. The van der Waals surface area contributed by atoms with Crippen LogP contribution in [0, 0.1) is 5.92 Å². The number of rotatable bonds is 4. The minimum atomic E-state index is 0.0843. The van der Waals surface area contributed by atoms with E-state index in [4.69, 9.17) is 0 Å². The zero-order chi connectivity index (χ0) is 12.8. The van der Waals surface area contributed by atoms with Gasteiger partial charge in [-0.25, -0.2) is 0 Å². The molecule has 0 spiro atoms. The van der Waals surface area contributed by atoms with E-state index in [2.05, 4.69) is 22.5 Å². The molecule has 1 saturated heterocycles. The van der Waals surface area contributed by atoms with Crippen LogP contribution in [-0.2, 0) is 11.2 Å². The van der Waals surface area contributed by atoms with Crippen molar-refractivity contribution in [2.45, 2.75) is 32.2 Å². The second-order valence-electron chi connectivity index (χ2n) is 5.00. The van der Waals surface area contributed by atoms with Crippen molar-refractivity contribution in [3.8, 4) is 0 Å². The first-order valence-electron chi connectivity index (χ1n) is 6.64. The minimum absolute atomic E-state index is 0.0843. The smallest absolute Gasteiger partial charge is 0.224 e. The molecule has 2 rings (SSSR count). The fraction of sp³-hybridized carbons (Fsp3) is 0.571. The SMILES string of the molecule is CC(NC(=O)Cc1cccnc1)C1CCCNC1. The van der Waals surface area contributed by atoms with Crippen LogP contribution in [0.25, 0.3) is 0 Å². The summed E-state index contributed by atoms with van der Waals surface area (Å²) >= 11 is 0. The van der Waals surface area contributed by atoms with Gasteiger partial charge < -0.3 is 10.6 Å². The van der Waals surface area contributed by atoms with Crippen LogP contribution in [0.15, 0.2) is 24.5 Å². The molecule has 18 heavy (non-hydrogen) atoms. The van der Waals surface area contributed by atoms with Gasteiger partial charge >= 0.3 is 0 Å². The first kappa shape index (κ1) is 13.0. The van der Waals surface area contributed by atoms with E-state index in [9.17, 15) is 4.79 Å². The number of carbonyl (C=O) groups excluding carboxylic acids is 1. The molecule has 0 bridgehead atoms. The number of hydrogen-bond acceptors (Lipinski definition) is 3. The van der Waals surface area contributed by atoms with Crippen molar-refractivity contribution in [1.29, 1.82) is 0 Å². The van der Waals surface area contributed by atoms with Crippen LogP contribution in [0.1, 0.15) is 25.3 Å². The van der Waals surface area contributed by atoms with Crippen LogP contribution in [0.3, 0.4) is 0 Å². The van der Waals surface area contributed by atoms with Crippen molar-refractivity contribution in [2.75, 3.05) is 13.1 Å². The predicted molar refractivity (Wildman–Crippen MR) is 71.1 cm³/mol. The molecule has 1 amide bonds. The number of nitrogens with zero attached hydrogens (tertiary/aromatic N) is 1. The molecule has 0 aliphatic carbocycles. The Kier molecular flexibility index (Phi) is 4.70. The highest BCUT2D eigenvalue weighted by Crippen LogP contribution is 2.14. The Balaban J connectivity index is 1.79. The van der Waals surface area contributed by atoms with E-state index in [1.54, 1.807) is 12.4 Å². The Bertz CT molecular complexity index is 374. The lowest BCUT2D eigenvalue weighted by atomic mass is 9.92. The molecule has 2 atom stereocenters. The highest BCUT2D eigenvalue weighted by molar-refractivity contribution is 5.78. The summed E-state index contributed by atoms with van der Waals surface area (Å²) in [5, 5.41) is 6.47. The van der Waals surface area contributed by atoms with E-state index < -0.39 is 0 Å². The van der Waals surface area contributed by atoms with Crippen LogP contribution < -0.4 is 10.6 Å². The molecule has 4 heteroatoms. The van der Waals surface area contributed by atoms with Gasteiger partial charge in [-0.05, 0) is 50.4 Å². The maximum atomic E-state index is 11.9. The quantitative estimate of drug-likeness (QED) is 0.838. The Morgan fingerprint density at radius 3 is 3.22 bits per heavy atom. The van der Waals surface area contributed by atoms with Gasteiger partial charge in [-0.1, -0.05) is 6.07 Å². The summed E-state index contributed by atoms with van der Waals surface area (Å²) in [6.07, 6.45) is 6.28. The third kappa shape index (κ3) is 3.81. The summed E-state index contributed by atoms with van der Waals surface area (Å²) in [6, 6.07) is 4.03. The molecular formula is C14H21N3O. The lowest BCUT2D eigenvalue weighted by molar-refractivity contribution is -0.121. The molecule has 1 fully saturated rings. The van der Waals surface area contributed by atoms with Gasteiger partial charge in [0, 0.05) is 18.4 Å². The molecule has 0 saturated carbocycles. The molecule has 98 valence electrons. The number of hydrogen-bond donors (Lipinski definition) is 2. The summed E-state index contributed by atoms with van der Waals surface area (Å²) in [5.41, 5.74) is 0.962. The maximum Gasteiger partial charge on any atom is 0.224 e. The van der Waals surface area contributed by atoms with Crippen molar-refractivity contribution in [3.63, 3.8) is 0 Å². The number of carbonyl (C=O) groups is 1. The standard InChI is InChI=1S/C14H21N3O/c1-11(13-5-3-7-16-10-13)17-14(18)8-12-4-2-6-15-9-12/h2,4,6,9,11,13,16H,3,5,7-8,10H2,1H3,(H,17,18). The van der Waals surface area contributed by atoms with E-state index >= 15 is 0 Å². The van der Waals surface area contributed by atoms with Gasteiger partial charge in [0.15, 0.2) is 0 Å². The highest BCUT2D eigenvalue weighted by Gasteiger charge is 2.21. The van der Waals surface area contributed by atoms with E-state index in [1.165, 1.54) is 12.8 Å². The van der Waals surface area contributed by atoms with Crippen molar-refractivity contribution in [2.24, 2.45) is 5.92 Å². The van der Waals surface area contributed by atoms with Crippen LogP contribution in [0.2, 0.25) is 0 Å². The average molecular weight is 247 g/mol. The Hall–Kier alpha value is -1.42. The molecule has 1 aromatic heterocycles. The predicted octanol–water partition coefficient (Wildman–Crippen LogP) is 1.13. The Labute approximate surface area is 108 Å². The molecular weight excluding hydrogens is 226 g/mol. The van der Waals surface area contributed by atoms with Crippen LogP contribution in [-0.4, -0.2) is 30.0 Å². The van der Waals surface area contributed by atoms with Gasteiger partial charge in [0.05, 0.1) is 6.42 Å². The normalized spacial score (nSPS) is 21.3. The molecule has 0 aromatic carbocycles. The number of amides is 1. The maximum absolute atomic E-state index is 11.9. The van der Waals surface area contributed by atoms with E-state index in [0.29, 0.717) is 12.3 Å². The molecule has 2 N–H and O–H groups in total. The number of aromatic nitrogens is 1. The number of piperidine rings is 1. The largest absolute Gasteiger partial charge is 0.353 e. The van der Waals surface area contributed by atoms with Crippen molar-refractivity contribution < 1.29 is 4.79 Å². The van der Waals surface area contributed by atoms with Gasteiger partial charge in [-0.2, -0.15) is 0 Å². The fourth-order valence-corrected chi connectivity index (χ4v) is 2.42. The van der Waals surface area contributed by atoms with Gasteiger partial charge in [-0.15, -0.1) is 0 Å². The molecule has 1 aliphatic heterocycles. The molecule has 1 aliphatic rings. The average Bonchev–Trinajstić information content (AvgIpc) is 2.40. The Morgan fingerprint density at radius 1 is 1.67 bits per heavy atom. The summed E-state index contributed by atoms with van der Waals surface area (Å²) < 4.78 is 0. The van der Waals surface area contributed by atoms with Gasteiger partial charge in [0.2, 0.25) is 5.91 Å². The first-order valence-corrected chi connectivity index (χ1v) is 6.64. The third-order valence-corrected chi connectivity index (χ3v) is 3.52. The molecule has 1 aromatic rings. The third-order valence-electron chi connectivity index (χ3n) is 3.52. The van der Waals surface area contributed by atoms with E-state index in [0.717, 1.165) is 18.7 Å². The second kappa shape index (κ2) is 6.50. The number of pyridine rings is 1. The summed E-state index contributed by atoms with van der Waals surface area (Å²) in [4.78, 5) is 15.9. The second-order valence-corrected chi connectivity index (χ2v) is 5.00. The van der Waals surface area contributed by atoms with Gasteiger partial charge in [0.1, 0.15) is 0 Å². The monoisotopic (exact) mass is 247 g/mol. The molecule has 4 nitrogen and oxygen atoms in total. The van der Waals surface area contributed by atoms with Crippen molar-refractivity contribution >= 4 is 5.91 Å². The lowest BCUT2D eigenvalue weighted by Crippen LogP contribution is -2.45. The summed E-state index contributed by atoms with van der Waals surface area (Å²) in [6.45, 7) is 4.21. The number of nitrogens with one attached hydrogen (secondary N) is 2. The highest BCUT2D eigenvalue weighted by atomic mass is 16.1.